The summed E-state index contributed by atoms with van der Waals surface area (Å²) in [6.45, 7) is 0.610. The molecule has 1 aromatic heterocycles. The number of nitrogens with zero attached hydrogens (tertiary/aromatic N) is 2. The molecule has 1 rings (SSSR count). The molecule has 0 aromatic carbocycles. The van der Waals surface area contributed by atoms with E-state index in [1.54, 1.807) is 7.11 Å². The maximum atomic E-state index is 11.2. The molecular weight excluding hydrogens is 172 g/mol. The Balaban J connectivity index is 2.79. The van der Waals surface area contributed by atoms with Crippen LogP contribution in [0.1, 0.15) is 11.4 Å². The summed E-state index contributed by atoms with van der Waals surface area (Å²) in [6, 6.07) is 0. The van der Waals surface area contributed by atoms with Gasteiger partial charge in [-0.05, 0) is 0 Å². The van der Waals surface area contributed by atoms with Crippen molar-refractivity contribution in [2.24, 2.45) is 0 Å². The van der Waals surface area contributed by atoms with Crippen molar-refractivity contribution in [3.8, 4) is 0 Å². The van der Waals surface area contributed by atoms with E-state index in [2.05, 4.69) is 4.98 Å². The molecule has 0 aliphatic carbocycles. The van der Waals surface area contributed by atoms with Gasteiger partial charge in [0.1, 0.15) is 12.3 Å². The van der Waals surface area contributed by atoms with Gasteiger partial charge in [-0.2, -0.15) is 4.73 Å². The standard InChI is InChI=1S/C8H12N2O3/c1-12-5-7-4-10(11)8(3-9-7)6-13-2/h3-4H,5-6H2,1-2H3. The lowest BCUT2D eigenvalue weighted by atomic mass is 10.4. The third-order valence-corrected chi connectivity index (χ3v) is 1.51. The molecule has 0 aliphatic rings. The van der Waals surface area contributed by atoms with E-state index in [0.717, 1.165) is 4.73 Å². The second-order valence-electron chi connectivity index (χ2n) is 2.56. The summed E-state index contributed by atoms with van der Waals surface area (Å²) in [5.41, 5.74) is 1.10. The fourth-order valence-electron chi connectivity index (χ4n) is 0.937. The smallest absolute Gasteiger partial charge is 0.236 e. The van der Waals surface area contributed by atoms with E-state index < -0.39 is 0 Å². The van der Waals surface area contributed by atoms with Crippen molar-refractivity contribution in [1.29, 1.82) is 0 Å². The Morgan fingerprint density at radius 2 is 2.08 bits per heavy atom. The Bertz CT molecular complexity index is 278. The van der Waals surface area contributed by atoms with Crippen LogP contribution in [0.4, 0.5) is 0 Å². The van der Waals surface area contributed by atoms with Crippen LogP contribution in [0.15, 0.2) is 12.4 Å². The molecule has 0 fully saturated rings. The molecule has 13 heavy (non-hydrogen) atoms. The van der Waals surface area contributed by atoms with E-state index in [0.29, 0.717) is 18.0 Å². The summed E-state index contributed by atoms with van der Waals surface area (Å²) >= 11 is 0. The van der Waals surface area contributed by atoms with Gasteiger partial charge in [0.2, 0.25) is 11.9 Å². The molecule has 0 N–H and O–H groups in total. The molecule has 0 atom stereocenters. The third-order valence-electron chi connectivity index (χ3n) is 1.51. The molecule has 0 saturated carbocycles. The average Bonchev–Trinajstić information content (AvgIpc) is 2.10. The minimum atomic E-state index is 0.268. The SMILES string of the molecule is COCc1c[n+]([O-])c(COC)cn1. The fraction of sp³-hybridized carbons (Fsp3) is 0.500. The Labute approximate surface area is 76.5 Å². The number of aromatic nitrogens is 2. The zero-order chi connectivity index (χ0) is 9.68. The van der Waals surface area contributed by atoms with Crippen molar-refractivity contribution < 1.29 is 14.2 Å². The van der Waals surface area contributed by atoms with Gasteiger partial charge in [0.05, 0.1) is 12.8 Å². The minimum absolute atomic E-state index is 0.268. The van der Waals surface area contributed by atoms with Crippen LogP contribution in [-0.2, 0) is 22.7 Å². The van der Waals surface area contributed by atoms with Gasteiger partial charge in [0, 0.05) is 14.2 Å². The van der Waals surface area contributed by atoms with Gasteiger partial charge in [-0.1, -0.05) is 0 Å². The lowest BCUT2D eigenvalue weighted by Crippen LogP contribution is -2.33. The molecule has 5 heteroatoms. The molecule has 0 saturated heterocycles. The summed E-state index contributed by atoms with van der Waals surface area (Å²) in [5.74, 6) is 0. The van der Waals surface area contributed by atoms with Gasteiger partial charge >= 0.3 is 0 Å². The molecule has 0 amide bonds. The number of ether oxygens (including phenoxy) is 2. The highest BCUT2D eigenvalue weighted by molar-refractivity contribution is 4.94. The molecule has 72 valence electrons. The molecule has 1 heterocycles. The number of rotatable bonds is 4. The summed E-state index contributed by atoms with van der Waals surface area (Å²) in [4.78, 5) is 4.02. The highest BCUT2D eigenvalue weighted by atomic mass is 16.5. The first kappa shape index (κ1) is 9.88. The zero-order valence-electron chi connectivity index (χ0n) is 7.69. The maximum absolute atomic E-state index is 11.2. The molecule has 0 spiro atoms. The van der Waals surface area contributed by atoms with E-state index in [4.69, 9.17) is 9.47 Å². The van der Waals surface area contributed by atoms with Gasteiger partial charge in [0.25, 0.3) is 0 Å². The van der Waals surface area contributed by atoms with Crippen LogP contribution in [-0.4, -0.2) is 19.2 Å². The van der Waals surface area contributed by atoms with Crippen LogP contribution in [0.3, 0.4) is 0 Å². The quantitative estimate of drug-likeness (QED) is 0.488. The zero-order valence-corrected chi connectivity index (χ0v) is 7.69. The van der Waals surface area contributed by atoms with Crippen LogP contribution < -0.4 is 4.73 Å². The summed E-state index contributed by atoms with van der Waals surface area (Å²) < 4.78 is 10.4. The van der Waals surface area contributed by atoms with E-state index >= 15 is 0 Å². The monoisotopic (exact) mass is 184 g/mol. The van der Waals surface area contributed by atoms with Crippen molar-refractivity contribution in [3.05, 3.63) is 29.0 Å². The number of hydrogen-bond acceptors (Lipinski definition) is 4. The van der Waals surface area contributed by atoms with Crippen LogP contribution in [0.2, 0.25) is 0 Å². The van der Waals surface area contributed by atoms with Crippen molar-refractivity contribution in [1.82, 2.24) is 4.98 Å². The average molecular weight is 184 g/mol. The largest absolute Gasteiger partial charge is 0.618 e. The van der Waals surface area contributed by atoms with Gasteiger partial charge in [-0.15, -0.1) is 0 Å². The summed E-state index contributed by atoms with van der Waals surface area (Å²) in [7, 11) is 3.09. The molecule has 0 unspecified atom stereocenters. The highest BCUT2D eigenvalue weighted by Crippen LogP contribution is 1.95. The van der Waals surface area contributed by atoms with Crippen molar-refractivity contribution >= 4 is 0 Å². The Morgan fingerprint density at radius 3 is 2.62 bits per heavy atom. The van der Waals surface area contributed by atoms with E-state index in [1.807, 2.05) is 0 Å². The molecule has 1 aromatic rings. The first-order chi connectivity index (χ1) is 6.27. The molecular formula is C8H12N2O3. The van der Waals surface area contributed by atoms with E-state index in [-0.39, 0.29) is 6.61 Å². The third kappa shape index (κ3) is 2.64. The fourth-order valence-corrected chi connectivity index (χ4v) is 0.937. The van der Waals surface area contributed by atoms with Gasteiger partial charge < -0.3 is 14.7 Å². The van der Waals surface area contributed by atoms with Gasteiger partial charge in [-0.3, -0.25) is 0 Å². The molecule has 0 aliphatic heterocycles. The van der Waals surface area contributed by atoms with Crippen LogP contribution >= 0.6 is 0 Å². The maximum Gasteiger partial charge on any atom is 0.236 e. The minimum Gasteiger partial charge on any atom is -0.618 e. The number of methoxy groups -OCH3 is 2. The second-order valence-corrected chi connectivity index (χ2v) is 2.56. The predicted molar refractivity (Wildman–Crippen MR) is 44.6 cm³/mol. The Morgan fingerprint density at radius 1 is 1.38 bits per heavy atom. The molecule has 0 bridgehead atoms. The Hall–Kier alpha value is -1.20. The molecule has 0 radical (unpaired) electrons. The first-order valence-electron chi connectivity index (χ1n) is 3.82. The second kappa shape index (κ2) is 4.74. The Kier molecular flexibility index (Phi) is 3.60. The van der Waals surface area contributed by atoms with Crippen molar-refractivity contribution in [3.63, 3.8) is 0 Å². The predicted octanol–water partition coefficient (Wildman–Crippen LogP) is 0.00780. The summed E-state index contributed by atoms with van der Waals surface area (Å²) in [6.07, 6.45) is 2.88. The lowest BCUT2D eigenvalue weighted by Gasteiger charge is -2.04. The van der Waals surface area contributed by atoms with Crippen LogP contribution in [0.5, 0.6) is 0 Å². The normalized spacial score (nSPS) is 10.3. The first-order valence-corrected chi connectivity index (χ1v) is 3.82. The van der Waals surface area contributed by atoms with Crippen LogP contribution in [0, 0.1) is 5.21 Å². The van der Waals surface area contributed by atoms with Crippen LogP contribution in [0.25, 0.3) is 0 Å². The lowest BCUT2D eigenvalue weighted by molar-refractivity contribution is -0.617. The molecule has 5 nitrogen and oxygen atoms in total. The van der Waals surface area contributed by atoms with Gasteiger partial charge in [0.15, 0.2) is 0 Å². The topological polar surface area (TPSA) is 58.3 Å². The van der Waals surface area contributed by atoms with Crippen molar-refractivity contribution in [2.45, 2.75) is 13.2 Å². The van der Waals surface area contributed by atoms with Crippen molar-refractivity contribution in [2.75, 3.05) is 14.2 Å². The van der Waals surface area contributed by atoms with E-state index in [1.165, 1.54) is 19.5 Å². The highest BCUT2D eigenvalue weighted by Gasteiger charge is 2.06. The number of hydrogen-bond donors (Lipinski definition) is 0. The van der Waals surface area contributed by atoms with E-state index in [9.17, 15) is 5.21 Å². The van der Waals surface area contributed by atoms with Gasteiger partial charge in [-0.25, -0.2) is 4.98 Å². The summed E-state index contributed by atoms with van der Waals surface area (Å²) in [5, 5.41) is 11.2.